The van der Waals surface area contributed by atoms with Gasteiger partial charge in [0.1, 0.15) is 6.54 Å². The number of nitrogens with zero attached hydrogens (tertiary/aromatic N) is 2. The molecule has 17 heavy (non-hydrogen) atoms. The molecule has 7 heteroatoms. The maximum atomic E-state index is 12.5. The zero-order chi connectivity index (χ0) is 12.6. The van der Waals surface area contributed by atoms with Crippen molar-refractivity contribution in [1.29, 1.82) is 0 Å². The molecule has 0 spiro atoms. The van der Waals surface area contributed by atoms with E-state index < -0.39 is 12.7 Å². The van der Waals surface area contributed by atoms with E-state index in [2.05, 4.69) is 4.98 Å². The average Bonchev–Trinajstić information content (AvgIpc) is 2.90. The summed E-state index contributed by atoms with van der Waals surface area (Å²) in [7, 11) is 0. The summed E-state index contributed by atoms with van der Waals surface area (Å²) >= 11 is 1.23. The van der Waals surface area contributed by atoms with Crippen molar-refractivity contribution in [3.05, 3.63) is 11.1 Å². The van der Waals surface area contributed by atoms with E-state index in [0.717, 1.165) is 12.8 Å². The summed E-state index contributed by atoms with van der Waals surface area (Å²) in [6, 6.07) is -0.254. The minimum atomic E-state index is -4.19. The van der Waals surface area contributed by atoms with Crippen molar-refractivity contribution in [3.63, 3.8) is 0 Å². The highest BCUT2D eigenvalue weighted by Gasteiger charge is 2.39. The molecule has 2 rings (SSSR count). The normalized spacial score (nSPS) is 18.2. The third kappa shape index (κ3) is 3.32. The zero-order valence-corrected chi connectivity index (χ0v) is 10.2. The molecule has 1 fully saturated rings. The van der Waals surface area contributed by atoms with Crippen LogP contribution in [0.25, 0.3) is 0 Å². The smallest absolute Gasteiger partial charge is 0.336 e. The Morgan fingerprint density at radius 1 is 1.59 bits per heavy atom. The molecule has 1 aromatic heterocycles. The largest absolute Gasteiger partial charge is 0.406 e. The third-order valence-corrected chi connectivity index (χ3v) is 3.46. The van der Waals surface area contributed by atoms with E-state index in [4.69, 9.17) is 5.73 Å². The predicted molar refractivity (Wildman–Crippen MR) is 61.1 cm³/mol. The Kier molecular flexibility index (Phi) is 3.31. The minimum Gasteiger partial charge on any atom is -0.336 e. The van der Waals surface area contributed by atoms with Crippen LogP contribution in [0.3, 0.4) is 0 Å². The fourth-order valence-corrected chi connectivity index (χ4v) is 2.55. The third-order valence-electron chi connectivity index (χ3n) is 2.56. The first-order valence-corrected chi connectivity index (χ1v) is 6.29. The second-order valence-electron chi connectivity index (χ2n) is 4.32. The summed E-state index contributed by atoms with van der Waals surface area (Å²) in [4.78, 5) is 5.52. The lowest BCUT2D eigenvalue weighted by molar-refractivity contribution is -0.120. The first-order chi connectivity index (χ1) is 7.87. The Balaban J connectivity index is 2.14. The molecule has 0 aromatic carbocycles. The van der Waals surface area contributed by atoms with E-state index in [0.29, 0.717) is 10.8 Å². The molecule has 1 aromatic rings. The van der Waals surface area contributed by atoms with Gasteiger partial charge in [-0.1, -0.05) is 0 Å². The molecule has 0 radical (unpaired) electrons. The number of rotatable bonds is 4. The maximum Gasteiger partial charge on any atom is 0.406 e. The topological polar surface area (TPSA) is 42.1 Å². The monoisotopic (exact) mass is 265 g/mol. The number of hydrogen-bond donors (Lipinski definition) is 1. The average molecular weight is 265 g/mol. The molecule has 1 aliphatic rings. The van der Waals surface area contributed by atoms with Crippen molar-refractivity contribution in [2.24, 2.45) is 5.73 Å². The van der Waals surface area contributed by atoms with Crippen LogP contribution >= 0.6 is 11.3 Å². The van der Waals surface area contributed by atoms with Crippen LogP contribution in [-0.4, -0.2) is 23.7 Å². The lowest BCUT2D eigenvalue weighted by Crippen LogP contribution is -2.35. The molecule has 0 aliphatic heterocycles. The second-order valence-corrected chi connectivity index (χ2v) is 5.15. The van der Waals surface area contributed by atoms with Crippen molar-refractivity contribution < 1.29 is 13.2 Å². The van der Waals surface area contributed by atoms with E-state index >= 15 is 0 Å². The number of halogens is 3. The number of alkyl halides is 3. The summed E-state index contributed by atoms with van der Waals surface area (Å²) in [5.41, 5.74) is 6.30. The van der Waals surface area contributed by atoms with Crippen LogP contribution < -0.4 is 10.6 Å². The fraction of sp³-hybridized carbons (Fsp3) is 0.700. The number of aromatic nitrogens is 1. The molecule has 1 saturated carbocycles. The van der Waals surface area contributed by atoms with Crippen LogP contribution in [0.2, 0.25) is 0 Å². The highest BCUT2D eigenvalue weighted by atomic mass is 32.1. The van der Waals surface area contributed by atoms with E-state index in [9.17, 15) is 13.2 Å². The Bertz CT molecular complexity index is 384. The van der Waals surface area contributed by atoms with Gasteiger partial charge in [-0.15, -0.1) is 11.3 Å². The second kappa shape index (κ2) is 4.45. The van der Waals surface area contributed by atoms with Gasteiger partial charge >= 0.3 is 6.18 Å². The van der Waals surface area contributed by atoms with Gasteiger partial charge in [-0.25, -0.2) is 4.98 Å². The van der Waals surface area contributed by atoms with Crippen LogP contribution in [-0.2, 0) is 0 Å². The summed E-state index contributed by atoms with van der Waals surface area (Å²) in [5.74, 6) is 0. The Morgan fingerprint density at radius 2 is 2.24 bits per heavy atom. The quantitative estimate of drug-likeness (QED) is 0.910. The van der Waals surface area contributed by atoms with Gasteiger partial charge in [0.25, 0.3) is 0 Å². The van der Waals surface area contributed by atoms with Crippen LogP contribution in [0.5, 0.6) is 0 Å². The lowest BCUT2D eigenvalue weighted by atomic mass is 10.3. The van der Waals surface area contributed by atoms with Gasteiger partial charge in [0, 0.05) is 17.5 Å². The number of thiazole rings is 1. The van der Waals surface area contributed by atoms with Gasteiger partial charge in [-0.2, -0.15) is 13.2 Å². The van der Waals surface area contributed by atoms with Gasteiger partial charge in [-0.3, -0.25) is 0 Å². The van der Waals surface area contributed by atoms with Gasteiger partial charge in [0.05, 0.1) is 5.69 Å². The fourth-order valence-electron chi connectivity index (χ4n) is 1.55. The van der Waals surface area contributed by atoms with Crippen molar-refractivity contribution in [2.75, 3.05) is 11.4 Å². The van der Waals surface area contributed by atoms with Crippen LogP contribution in [0.4, 0.5) is 18.3 Å². The molecule has 1 heterocycles. The Labute approximate surface area is 101 Å². The summed E-state index contributed by atoms with van der Waals surface area (Å²) < 4.78 is 37.4. The van der Waals surface area contributed by atoms with E-state index in [1.165, 1.54) is 16.2 Å². The van der Waals surface area contributed by atoms with Gasteiger partial charge in [0.15, 0.2) is 5.13 Å². The first kappa shape index (κ1) is 12.6. The zero-order valence-electron chi connectivity index (χ0n) is 9.37. The van der Waals surface area contributed by atoms with E-state index in [1.54, 1.807) is 12.3 Å². The van der Waals surface area contributed by atoms with Gasteiger partial charge in [-0.05, 0) is 19.8 Å². The molecule has 2 N–H and O–H groups in total. The maximum absolute atomic E-state index is 12.5. The molecule has 1 aliphatic carbocycles. The van der Waals surface area contributed by atoms with E-state index in [-0.39, 0.29) is 12.1 Å². The minimum absolute atomic E-state index is 0.0105. The number of hydrogen-bond acceptors (Lipinski definition) is 4. The van der Waals surface area contributed by atoms with Crippen LogP contribution in [0.15, 0.2) is 5.38 Å². The highest BCUT2D eigenvalue weighted by Crippen LogP contribution is 2.36. The molecule has 3 nitrogen and oxygen atoms in total. The molecule has 0 amide bonds. The molecular weight excluding hydrogens is 251 g/mol. The standard InChI is InChI=1S/C10H14F3N3S/c1-6(14)8-4-17-9(15-8)16(7-2-3-7)5-10(11,12)13/h4,6-7H,2-3,5,14H2,1H3. The highest BCUT2D eigenvalue weighted by molar-refractivity contribution is 7.13. The number of nitrogens with two attached hydrogens (primary N) is 1. The predicted octanol–water partition coefficient (Wildman–Crippen LogP) is 2.69. The molecule has 1 atom stereocenters. The van der Waals surface area contributed by atoms with Crippen molar-refractivity contribution in [1.82, 2.24) is 4.98 Å². The SMILES string of the molecule is CC(N)c1csc(N(CC(F)(F)F)C2CC2)n1. The van der Waals surface area contributed by atoms with Crippen LogP contribution in [0.1, 0.15) is 31.5 Å². The Hall–Kier alpha value is -0.820. The molecule has 0 saturated heterocycles. The first-order valence-electron chi connectivity index (χ1n) is 5.41. The van der Waals surface area contributed by atoms with Gasteiger partial charge in [0.2, 0.25) is 0 Å². The lowest BCUT2D eigenvalue weighted by Gasteiger charge is -2.22. The van der Waals surface area contributed by atoms with Crippen molar-refractivity contribution >= 4 is 16.5 Å². The van der Waals surface area contributed by atoms with Crippen molar-refractivity contribution in [2.45, 2.75) is 38.0 Å². The van der Waals surface area contributed by atoms with Crippen molar-refractivity contribution in [3.8, 4) is 0 Å². The Morgan fingerprint density at radius 3 is 2.65 bits per heavy atom. The summed E-state index contributed by atoms with van der Waals surface area (Å²) in [5, 5.41) is 2.16. The molecule has 1 unspecified atom stereocenters. The molecule has 96 valence electrons. The van der Waals surface area contributed by atoms with E-state index in [1.807, 2.05) is 0 Å². The molecular formula is C10H14F3N3S. The molecule has 0 bridgehead atoms. The van der Waals surface area contributed by atoms with Crippen LogP contribution in [0, 0.1) is 0 Å². The number of anilines is 1. The van der Waals surface area contributed by atoms with Gasteiger partial charge < -0.3 is 10.6 Å². The summed E-state index contributed by atoms with van der Waals surface area (Å²) in [6.07, 6.45) is -2.57. The summed E-state index contributed by atoms with van der Waals surface area (Å²) in [6.45, 7) is 0.841.